The molecule has 0 aromatic heterocycles. The van der Waals surface area contributed by atoms with Gasteiger partial charge in [-0.3, -0.25) is 0 Å². The molecule has 94 valence electrons. The van der Waals surface area contributed by atoms with Gasteiger partial charge < -0.3 is 19.7 Å². The van der Waals surface area contributed by atoms with Gasteiger partial charge in [-0.15, -0.1) is 11.5 Å². The Kier molecular flexibility index (Phi) is 37.1. The second kappa shape index (κ2) is 29.2. The Labute approximate surface area is 97.8 Å². The van der Waals surface area contributed by atoms with E-state index in [1.165, 1.54) is 0 Å². The van der Waals surface area contributed by atoms with Gasteiger partial charge >= 0.3 is 0 Å². The molecule has 0 spiro atoms. The first-order valence-corrected chi connectivity index (χ1v) is 4.70. The van der Waals surface area contributed by atoms with Crippen LogP contribution >= 0.6 is 0 Å². The van der Waals surface area contributed by atoms with E-state index in [0.29, 0.717) is 26.4 Å². The Balaban J connectivity index is -0.000000235. The Morgan fingerprint density at radius 1 is 0.688 bits per heavy atom. The van der Waals surface area contributed by atoms with Crippen molar-refractivity contribution in [3.63, 3.8) is 0 Å². The highest BCUT2D eigenvalue weighted by atomic mass is 16.5. The van der Waals surface area contributed by atoms with E-state index in [9.17, 15) is 0 Å². The predicted molar refractivity (Wildman–Crippen MR) is 65.3 cm³/mol. The molecule has 4 heteroatoms. The molecule has 0 aromatic rings. The summed E-state index contributed by atoms with van der Waals surface area (Å²) in [6.07, 6.45) is 0. The van der Waals surface area contributed by atoms with Crippen LogP contribution in [0.5, 0.6) is 0 Å². The molecular weight excluding hydrogens is 208 g/mol. The van der Waals surface area contributed by atoms with Crippen molar-refractivity contribution < 1.29 is 19.7 Å². The van der Waals surface area contributed by atoms with Crippen LogP contribution in [0, 0.1) is 0 Å². The number of ether oxygens (including phenoxy) is 2. The normalized spacial score (nSPS) is 7.38. The number of hydrogen-bond acceptors (Lipinski definition) is 4. The average molecular weight is 230 g/mol. The van der Waals surface area contributed by atoms with Crippen LogP contribution in [0.15, 0.2) is 37.8 Å². The third-order valence-corrected chi connectivity index (χ3v) is 0.843. The van der Waals surface area contributed by atoms with E-state index in [4.69, 9.17) is 19.7 Å². The molecule has 0 amide bonds. The molecule has 16 heavy (non-hydrogen) atoms. The Hall–Kier alpha value is -1.12. The summed E-state index contributed by atoms with van der Waals surface area (Å²) in [6, 6.07) is 0. The molecule has 2 N–H and O–H groups in total. The van der Waals surface area contributed by atoms with Gasteiger partial charge in [-0.25, -0.2) is 0 Å². The van der Waals surface area contributed by atoms with Crippen molar-refractivity contribution in [1.29, 1.82) is 0 Å². The summed E-state index contributed by atoms with van der Waals surface area (Å²) in [4.78, 5) is 0. The maximum Gasteiger partial charge on any atom is 0.0701 e. The van der Waals surface area contributed by atoms with Gasteiger partial charge in [-0.05, 0) is 0 Å². The van der Waals surface area contributed by atoms with E-state index in [2.05, 4.69) is 37.8 Å². The van der Waals surface area contributed by atoms with Crippen LogP contribution in [0.2, 0.25) is 0 Å². The minimum absolute atomic E-state index is 0.0417. The first-order chi connectivity index (χ1) is 7.74. The van der Waals surface area contributed by atoms with E-state index in [0.717, 1.165) is 0 Å². The number of aliphatic hydroxyl groups is 2. The summed E-state index contributed by atoms with van der Waals surface area (Å²) in [6.45, 7) is 14.2. The van der Waals surface area contributed by atoms with Crippen molar-refractivity contribution in [3.8, 4) is 0 Å². The fourth-order valence-corrected chi connectivity index (χ4v) is 0.451. The van der Waals surface area contributed by atoms with Crippen LogP contribution in [0.4, 0.5) is 0 Å². The van der Waals surface area contributed by atoms with Crippen LogP contribution in [0.25, 0.3) is 0 Å². The zero-order chi connectivity index (χ0) is 13.1. The predicted octanol–water partition coefficient (Wildman–Crippen LogP) is 0.919. The molecule has 0 aliphatic rings. The molecule has 0 saturated carbocycles. The second-order valence-electron chi connectivity index (χ2n) is 2.17. The summed E-state index contributed by atoms with van der Waals surface area (Å²) >= 11 is 0. The summed E-state index contributed by atoms with van der Waals surface area (Å²) in [5.74, 6) is 0. The van der Waals surface area contributed by atoms with Gasteiger partial charge in [0.25, 0.3) is 0 Å². The van der Waals surface area contributed by atoms with E-state index in [-0.39, 0.29) is 13.2 Å². The number of aliphatic hydroxyl groups excluding tert-OH is 2. The molecule has 0 heterocycles. The lowest BCUT2D eigenvalue weighted by molar-refractivity contribution is 0.0222. The van der Waals surface area contributed by atoms with Gasteiger partial charge in [0.2, 0.25) is 0 Å². The monoisotopic (exact) mass is 230 g/mol. The van der Waals surface area contributed by atoms with Gasteiger partial charge in [0.1, 0.15) is 0 Å². The van der Waals surface area contributed by atoms with Crippen molar-refractivity contribution in [2.45, 2.75) is 0 Å². The van der Waals surface area contributed by atoms with Crippen molar-refractivity contribution in [3.05, 3.63) is 37.8 Å². The quantitative estimate of drug-likeness (QED) is 0.504. The van der Waals surface area contributed by atoms with Gasteiger partial charge in [0, 0.05) is 0 Å². The smallest absolute Gasteiger partial charge is 0.0701 e. The van der Waals surface area contributed by atoms with E-state index < -0.39 is 0 Å². The molecule has 0 saturated heterocycles. The molecule has 0 aliphatic carbocycles. The lowest BCUT2D eigenvalue weighted by atomic mass is 10.7. The molecule has 0 rings (SSSR count). The topological polar surface area (TPSA) is 58.9 Å². The van der Waals surface area contributed by atoms with Crippen molar-refractivity contribution in [2.75, 3.05) is 39.6 Å². The fraction of sp³-hybridized carbons (Fsp3) is 0.500. The average Bonchev–Trinajstić information content (AvgIpc) is 2.26. The molecule has 0 bridgehead atoms. The van der Waals surface area contributed by atoms with Crippen molar-refractivity contribution >= 4 is 0 Å². The Morgan fingerprint density at radius 3 is 1.12 bits per heavy atom. The summed E-state index contributed by atoms with van der Waals surface area (Å²) < 4.78 is 9.75. The second-order valence-corrected chi connectivity index (χ2v) is 2.17. The lowest BCUT2D eigenvalue weighted by Crippen LogP contribution is -2.09. The lowest BCUT2D eigenvalue weighted by Gasteiger charge is -2.01. The number of hydrogen-bond donors (Lipinski definition) is 2. The molecule has 4 nitrogen and oxygen atoms in total. The minimum atomic E-state index is 0.0417. The fourth-order valence-electron chi connectivity index (χ4n) is 0.451. The van der Waals surface area contributed by atoms with Gasteiger partial charge in [0.15, 0.2) is 0 Å². The standard InChI is InChI=1S/C6H14O4.2C3H4/c7-1-3-9-5-6-10-4-2-8;2*1-3-2/h7-8H,1-6H2;2*1-2H2. The third-order valence-electron chi connectivity index (χ3n) is 0.843. The molecule has 0 atom stereocenters. The van der Waals surface area contributed by atoms with Crippen LogP contribution in [-0.2, 0) is 9.47 Å². The van der Waals surface area contributed by atoms with E-state index >= 15 is 0 Å². The van der Waals surface area contributed by atoms with Gasteiger partial charge in [-0.2, -0.15) is 0 Å². The Morgan fingerprint density at radius 2 is 0.938 bits per heavy atom. The summed E-state index contributed by atoms with van der Waals surface area (Å²) in [5, 5.41) is 16.5. The van der Waals surface area contributed by atoms with Crippen LogP contribution in [-0.4, -0.2) is 49.9 Å². The summed E-state index contributed by atoms with van der Waals surface area (Å²) in [5.41, 5.74) is 4.50. The third kappa shape index (κ3) is 52.6. The van der Waals surface area contributed by atoms with Crippen LogP contribution in [0.1, 0.15) is 0 Å². The zero-order valence-corrected chi connectivity index (χ0v) is 9.78. The summed E-state index contributed by atoms with van der Waals surface area (Å²) in [7, 11) is 0. The SMILES string of the molecule is C=C=C.C=C=C.OCCOCCOCCO. The van der Waals surface area contributed by atoms with Gasteiger partial charge in [-0.1, -0.05) is 26.3 Å². The van der Waals surface area contributed by atoms with Crippen LogP contribution < -0.4 is 0 Å². The van der Waals surface area contributed by atoms with E-state index in [1.54, 1.807) is 0 Å². The highest BCUT2D eigenvalue weighted by Gasteiger charge is 1.86. The molecular formula is C12H22O4. The molecule has 0 radical (unpaired) electrons. The first-order valence-electron chi connectivity index (χ1n) is 4.70. The maximum absolute atomic E-state index is 8.26. The van der Waals surface area contributed by atoms with Gasteiger partial charge in [0.05, 0.1) is 39.6 Å². The maximum atomic E-state index is 8.26. The highest BCUT2D eigenvalue weighted by Crippen LogP contribution is 1.76. The molecule has 0 aromatic carbocycles. The molecule has 0 aliphatic heterocycles. The molecule has 0 unspecified atom stereocenters. The zero-order valence-electron chi connectivity index (χ0n) is 9.78. The van der Waals surface area contributed by atoms with E-state index in [1.807, 2.05) is 0 Å². The van der Waals surface area contributed by atoms with Crippen LogP contribution in [0.3, 0.4) is 0 Å². The van der Waals surface area contributed by atoms with Crippen molar-refractivity contribution in [2.24, 2.45) is 0 Å². The number of rotatable bonds is 7. The Bertz CT molecular complexity index is 146. The molecule has 0 fully saturated rings. The highest BCUT2D eigenvalue weighted by molar-refractivity contribution is 4.52. The van der Waals surface area contributed by atoms with Crippen molar-refractivity contribution in [1.82, 2.24) is 0 Å². The first kappa shape index (κ1) is 20.3. The minimum Gasteiger partial charge on any atom is -0.394 e. The largest absolute Gasteiger partial charge is 0.394 e.